The fourth-order valence-electron chi connectivity index (χ4n) is 5.13. The van der Waals surface area contributed by atoms with Crippen LogP contribution in [0.5, 0.6) is 0 Å². The van der Waals surface area contributed by atoms with Gasteiger partial charge >= 0.3 is 0 Å². The molecule has 2 aromatic rings. The SMILES string of the molecule is C[C@H]1CCc2c(sc3ncn(C4CCN(C(=O)CN5CCCC5=O)CC4)c(=O)c23)C1. The lowest BCUT2D eigenvalue weighted by atomic mass is 9.89. The highest BCUT2D eigenvalue weighted by Crippen LogP contribution is 2.36. The first-order valence-electron chi connectivity index (χ1n) is 11.1. The molecule has 0 saturated carbocycles. The summed E-state index contributed by atoms with van der Waals surface area (Å²) in [6.45, 7) is 4.39. The Bertz CT molecular complexity index is 1050. The van der Waals surface area contributed by atoms with Gasteiger partial charge in [-0.05, 0) is 50.0 Å². The van der Waals surface area contributed by atoms with Crippen molar-refractivity contribution in [3.8, 4) is 0 Å². The lowest BCUT2D eigenvalue weighted by molar-refractivity contribution is -0.139. The van der Waals surface area contributed by atoms with Crippen LogP contribution in [0, 0.1) is 5.92 Å². The molecule has 160 valence electrons. The summed E-state index contributed by atoms with van der Waals surface area (Å²) in [5.41, 5.74) is 1.31. The number of thiophene rings is 1. The molecule has 0 N–H and O–H groups in total. The predicted octanol–water partition coefficient (Wildman–Crippen LogP) is 2.37. The van der Waals surface area contributed by atoms with Crippen LogP contribution >= 0.6 is 11.3 Å². The molecule has 30 heavy (non-hydrogen) atoms. The number of hydrogen-bond acceptors (Lipinski definition) is 5. The lowest BCUT2D eigenvalue weighted by Crippen LogP contribution is -2.45. The summed E-state index contributed by atoms with van der Waals surface area (Å²) in [5, 5.41) is 0.829. The number of carbonyl (C=O) groups excluding carboxylic acids is 2. The lowest BCUT2D eigenvalue weighted by Gasteiger charge is -2.33. The molecule has 0 spiro atoms. The summed E-state index contributed by atoms with van der Waals surface area (Å²) < 4.78 is 1.80. The van der Waals surface area contributed by atoms with Gasteiger partial charge < -0.3 is 9.80 Å². The number of nitrogens with zero attached hydrogens (tertiary/aromatic N) is 4. The van der Waals surface area contributed by atoms with Crippen LogP contribution in [0.2, 0.25) is 0 Å². The molecule has 0 bridgehead atoms. The quantitative estimate of drug-likeness (QED) is 0.752. The maximum Gasteiger partial charge on any atom is 0.262 e. The number of piperidine rings is 1. The highest BCUT2D eigenvalue weighted by atomic mass is 32.1. The number of hydrogen-bond donors (Lipinski definition) is 0. The Balaban J connectivity index is 1.30. The van der Waals surface area contributed by atoms with Gasteiger partial charge in [-0.2, -0.15) is 0 Å². The van der Waals surface area contributed by atoms with Gasteiger partial charge in [0.2, 0.25) is 11.8 Å². The number of rotatable bonds is 3. The van der Waals surface area contributed by atoms with Gasteiger partial charge in [-0.1, -0.05) is 6.92 Å². The van der Waals surface area contributed by atoms with Crippen LogP contribution < -0.4 is 5.56 Å². The minimum atomic E-state index is 0.0191. The molecular weight excluding hydrogens is 400 g/mol. The van der Waals surface area contributed by atoms with E-state index in [1.165, 1.54) is 10.4 Å². The third-order valence-corrected chi connectivity index (χ3v) is 8.11. The van der Waals surface area contributed by atoms with Gasteiger partial charge in [0.15, 0.2) is 0 Å². The van der Waals surface area contributed by atoms with E-state index in [0.717, 1.165) is 48.7 Å². The van der Waals surface area contributed by atoms with Gasteiger partial charge in [0.1, 0.15) is 4.83 Å². The minimum Gasteiger partial charge on any atom is -0.341 e. The maximum atomic E-state index is 13.3. The Morgan fingerprint density at radius 1 is 1.17 bits per heavy atom. The molecule has 8 heteroatoms. The molecule has 2 saturated heterocycles. The molecule has 4 heterocycles. The zero-order valence-corrected chi connectivity index (χ0v) is 18.2. The largest absolute Gasteiger partial charge is 0.341 e. The second kappa shape index (κ2) is 7.80. The molecule has 3 aliphatic rings. The number of aromatic nitrogens is 2. The Morgan fingerprint density at radius 3 is 2.70 bits per heavy atom. The van der Waals surface area contributed by atoms with Crippen LogP contribution in [0.25, 0.3) is 10.2 Å². The molecule has 2 amide bonds. The first kappa shape index (κ1) is 19.7. The van der Waals surface area contributed by atoms with Crippen molar-refractivity contribution in [1.29, 1.82) is 0 Å². The molecule has 7 nitrogen and oxygen atoms in total. The van der Waals surface area contributed by atoms with Gasteiger partial charge in [0.05, 0.1) is 18.3 Å². The third-order valence-electron chi connectivity index (χ3n) is 6.95. The topological polar surface area (TPSA) is 75.5 Å². The first-order valence-corrected chi connectivity index (χ1v) is 11.9. The van der Waals surface area contributed by atoms with E-state index in [2.05, 4.69) is 11.9 Å². The zero-order chi connectivity index (χ0) is 20.8. The van der Waals surface area contributed by atoms with Crippen LogP contribution in [0.15, 0.2) is 11.1 Å². The van der Waals surface area contributed by atoms with Crippen molar-refractivity contribution in [2.24, 2.45) is 5.92 Å². The molecule has 0 radical (unpaired) electrons. The van der Waals surface area contributed by atoms with Crippen molar-refractivity contribution >= 4 is 33.4 Å². The van der Waals surface area contributed by atoms with Crippen LogP contribution in [0.4, 0.5) is 0 Å². The monoisotopic (exact) mass is 428 g/mol. The molecule has 5 rings (SSSR count). The maximum absolute atomic E-state index is 13.3. The second-order valence-electron chi connectivity index (χ2n) is 9.02. The molecule has 1 atom stereocenters. The number of amides is 2. The van der Waals surface area contributed by atoms with Crippen molar-refractivity contribution in [1.82, 2.24) is 19.4 Å². The average molecular weight is 429 g/mol. The standard InChI is InChI=1S/C22H28N4O3S/c1-14-4-5-16-17(11-14)30-21-20(16)22(29)26(13-23-21)15-6-9-24(10-7-15)19(28)12-25-8-2-3-18(25)27/h13-15H,2-12H2,1H3/t14-/m0/s1. The Labute approximate surface area is 179 Å². The predicted molar refractivity (Wildman–Crippen MR) is 116 cm³/mol. The summed E-state index contributed by atoms with van der Waals surface area (Å²) in [6, 6.07) is 0.0740. The Hall–Kier alpha value is -2.22. The zero-order valence-electron chi connectivity index (χ0n) is 17.4. The van der Waals surface area contributed by atoms with Crippen LogP contribution in [-0.4, -0.2) is 57.3 Å². The van der Waals surface area contributed by atoms with Crippen molar-refractivity contribution in [2.75, 3.05) is 26.2 Å². The number of likely N-dealkylation sites (tertiary alicyclic amines) is 2. The summed E-state index contributed by atoms with van der Waals surface area (Å²) in [5.74, 6) is 0.772. The molecule has 1 aliphatic carbocycles. The van der Waals surface area contributed by atoms with E-state index >= 15 is 0 Å². The van der Waals surface area contributed by atoms with Crippen molar-refractivity contribution in [3.63, 3.8) is 0 Å². The Morgan fingerprint density at radius 2 is 1.97 bits per heavy atom. The number of carbonyl (C=O) groups is 2. The molecular formula is C22H28N4O3S. The van der Waals surface area contributed by atoms with E-state index < -0.39 is 0 Å². The second-order valence-corrected chi connectivity index (χ2v) is 10.1. The number of fused-ring (bicyclic) bond motifs is 3. The molecule has 0 aromatic carbocycles. The minimum absolute atomic E-state index is 0.0191. The van der Waals surface area contributed by atoms with Gasteiger partial charge in [0, 0.05) is 37.0 Å². The molecule has 2 fully saturated rings. The van der Waals surface area contributed by atoms with E-state index in [0.29, 0.717) is 32.0 Å². The molecule has 2 aromatic heterocycles. The fraction of sp³-hybridized carbons (Fsp3) is 0.636. The van der Waals surface area contributed by atoms with E-state index in [1.807, 2.05) is 4.90 Å². The smallest absolute Gasteiger partial charge is 0.262 e. The average Bonchev–Trinajstić information content (AvgIpc) is 3.31. The van der Waals surface area contributed by atoms with E-state index in [-0.39, 0.29) is 30.0 Å². The highest BCUT2D eigenvalue weighted by Gasteiger charge is 2.29. The summed E-state index contributed by atoms with van der Waals surface area (Å²) in [7, 11) is 0. The van der Waals surface area contributed by atoms with Crippen molar-refractivity contribution in [2.45, 2.75) is 57.9 Å². The van der Waals surface area contributed by atoms with E-state index in [9.17, 15) is 14.4 Å². The number of aryl methyl sites for hydroxylation is 1. The normalized spacial score (nSPS) is 22.7. The van der Waals surface area contributed by atoms with Crippen LogP contribution in [0.3, 0.4) is 0 Å². The van der Waals surface area contributed by atoms with Crippen LogP contribution in [0.1, 0.15) is 55.5 Å². The third kappa shape index (κ3) is 3.45. The first-order chi connectivity index (χ1) is 14.5. The molecule has 0 unspecified atom stereocenters. The van der Waals surface area contributed by atoms with Gasteiger partial charge in [-0.25, -0.2) is 4.98 Å². The fourth-order valence-corrected chi connectivity index (χ4v) is 6.47. The Kier molecular flexibility index (Phi) is 5.13. The van der Waals surface area contributed by atoms with Crippen molar-refractivity contribution < 1.29 is 9.59 Å². The summed E-state index contributed by atoms with van der Waals surface area (Å²) in [4.78, 5) is 48.0. The summed E-state index contributed by atoms with van der Waals surface area (Å²) >= 11 is 1.68. The van der Waals surface area contributed by atoms with Crippen molar-refractivity contribution in [3.05, 3.63) is 27.1 Å². The van der Waals surface area contributed by atoms with Crippen LogP contribution in [-0.2, 0) is 22.4 Å². The van der Waals surface area contributed by atoms with Gasteiger partial charge in [-0.3, -0.25) is 19.0 Å². The highest BCUT2D eigenvalue weighted by molar-refractivity contribution is 7.18. The van der Waals surface area contributed by atoms with Gasteiger partial charge in [-0.15, -0.1) is 11.3 Å². The van der Waals surface area contributed by atoms with Gasteiger partial charge in [0.25, 0.3) is 5.56 Å². The molecule has 2 aliphatic heterocycles. The van der Waals surface area contributed by atoms with E-state index in [1.54, 1.807) is 27.1 Å². The van der Waals surface area contributed by atoms with E-state index in [4.69, 9.17) is 0 Å². The summed E-state index contributed by atoms with van der Waals surface area (Å²) in [6.07, 6.45) is 7.76.